The first-order chi connectivity index (χ1) is 9.45. The van der Waals surface area contributed by atoms with Gasteiger partial charge < -0.3 is 0 Å². The lowest BCUT2D eigenvalue weighted by molar-refractivity contribution is 0.559. The van der Waals surface area contributed by atoms with Crippen LogP contribution in [0.25, 0.3) is 0 Å². The topological polar surface area (TPSA) is 38.0 Å². The molecule has 7 heteroatoms. The highest BCUT2D eigenvalue weighted by Crippen LogP contribution is 2.35. The van der Waals surface area contributed by atoms with Crippen molar-refractivity contribution in [2.45, 2.75) is 6.04 Å². The van der Waals surface area contributed by atoms with Crippen LogP contribution in [0.1, 0.15) is 17.2 Å². The van der Waals surface area contributed by atoms with Crippen LogP contribution in [0.2, 0.25) is 10.0 Å². The van der Waals surface area contributed by atoms with Crippen LogP contribution in [0.5, 0.6) is 0 Å². The highest BCUT2D eigenvalue weighted by molar-refractivity contribution is 9.10. The minimum absolute atomic E-state index is 0.0147. The van der Waals surface area contributed by atoms with E-state index in [1.54, 1.807) is 30.3 Å². The van der Waals surface area contributed by atoms with Crippen LogP contribution in [0.4, 0.5) is 4.39 Å². The largest absolute Gasteiger partial charge is 0.271 e. The van der Waals surface area contributed by atoms with Crippen LogP contribution in [0.3, 0.4) is 0 Å². The summed E-state index contributed by atoms with van der Waals surface area (Å²) in [6, 6.07) is 7.93. The van der Waals surface area contributed by atoms with Crippen molar-refractivity contribution in [1.29, 1.82) is 0 Å². The Morgan fingerprint density at radius 3 is 2.35 bits per heavy atom. The van der Waals surface area contributed by atoms with Gasteiger partial charge in [0.25, 0.3) is 0 Å². The maximum Gasteiger partial charge on any atom is 0.148 e. The van der Waals surface area contributed by atoms with Gasteiger partial charge in [-0.1, -0.05) is 45.2 Å². The van der Waals surface area contributed by atoms with Gasteiger partial charge in [-0.15, -0.1) is 0 Å². The maximum absolute atomic E-state index is 14.3. The summed E-state index contributed by atoms with van der Waals surface area (Å²) in [6.07, 6.45) is 0. The molecular weight excluding hydrogens is 434 g/mol. The van der Waals surface area contributed by atoms with Gasteiger partial charge in [-0.05, 0) is 45.8 Å². The Hall–Kier alpha value is -0.170. The first kappa shape index (κ1) is 16.2. The van der Waals surface area contributed by atoms with E-state index in [-0.39, 0.29) is 5.02 Å². The molecule has 0 aliphatic heterocycles. The molecule has 20 heavy (non-hydrogen) atoms. The zero-order valence-electron chi connectivity index (χ0n) is 9.93. The van der Waals surface area contributed by atoms with Crippen molar-refractivity contribution in [1.82, 2.24) is 5.43 Å². The monoisotopic (exact) mass is 440 g/mol. The molecule has 0 saturated heterocycles. The molecule has 0 saturated carbocycles. The van der Waals surface area contributed by atoms with Gasteiger partial charge in [0.05, 0.1) is 11.1 Å². The average Bonchev–Trinajstić information content (AvgIpc) is 2.43. The quantitative estimate of drug-likeness (QED) is 0.389. The fourth-order valence-corrected chi connectivity index (χ4v) is 2.98. The Labute approximate surface area is 142 Å². The SMILES string of the molecule is NNC(c1cc(Cl)ccc1Br)c1ccc(Br)c(Cl)c1F. The predicted molar refractivity (Wildman–Crippen MR) is 87.4 cm³/mol. The number of rotatable bonds is 3. The standard InChI is InChI=1S/C13H9Br2Cl2FN2/c14-9-3-1-6(16)5-8(9)13(20-19)7-2-4-10(15)11(17)12(7)18/h1-5,13,20H,19H2. The van der Waals surface area contributed by atoms with E-state index >= 15 is 0 Å². The van der Waals surface area contributed by atoms with Gasteiger partial charge in [0.2, 0.25) is 0 Å². The third-order valence-corrected chi connectivity index (χ3v) is 5.03. The molecule has 2 aromatic rings. The second-order valence-corrected chi connectivity index (χ2v) is 6.55. The summed E-state index contributed by atoms with van der Waals surface area (Å²) < 4.78 is 15.6. The number of hydrogen-bond donors (Lipinski definition) is 2. The van der Waals surface area contributed by atoms with Crippen LogP contribution >= 0.6 is 55.1 Å². The van der Waals surface area contributed by atoms with E-state index in [9.17, 15) is 4.39 Å². The summed E-state index contributed by atoms with van der Waals surface area (Å²) in [4.78, 5) is 0. The minimum atomic E-state index is -0.575. The first-order valence-electron chi connectivity index (χ1n) is 5.50. The lowest BCUT2D eigenvalue weighted by atomic mass is 9.99. The second kappa shape index (κ2) is 6.73. The van der Waals surface area contributed by atoms with Crippen molar-refractivity contribution >= 4 is 55.1 Å². The average molecular weight is 443 g/mol. The highest BCUT2D eigenvalue weighted by atomic mass is 79.9. The van der Waals surface area contributed by atoms with E-state index in [2.05, 4.69) is 37.3 Å². The zero-order valence-corrected chi connectivity index (χ0v) is 14.6. The van der Waals surface area contributed by atoms with E-state index in [1.165, 1.54) is 0 Å². The van der Waals surface area contributed by atoms with Crippen LogP contribution in [0.15, 0.2) is 39.3 Å². The molecule has 2 aromatic carbocycles. The van der Waals surface area contributed by atoms with E-state index in [0.29, 0.717) is 15.1 Å². The van der Waals surface area contributed by atoms with E-state index in [4.69, 9.17) is 29.0 Å². The minimum Gasteiger partial charge on any atom is -0.271 e. The molecule has 2 nitrogen and oxygen atoms in total. The molecule has 0 heterocycles. The number of benzene rings is 2. The Morgan fingerprint density at radius 2 is 1.70 bits per heavy atom. The van der Waals surface area contributed by atoms with Gasteiger partial charge in [0, 0.05) is 19.5 Å². The Balaban J connectivity index is 2.58. The van der Waals surface area contributed by atoms with Crippen molar-refractivity contribution in [3.05, 3.63) is 66.3 Å². The van der Waals surface area contributed by atoms with Crippen molar-refractivity contribution in [2.24, 2.45) is 5.84 Å². The smallest absolute Gasteiger partial charge is 0.148 e. The number of halogens is 5. The molecule has 1 atom stereocenters. The van der Waals surface area contributed by atoms with E-state index < -0.39 is 11.9 Å². The molecule has 3 N–H and O–H groups in total. The van der Waals surface area contributed by atoms with Crippen LogP contribution in [-0.2, 0) is 0 Å². The third kappa shape index (κ3) is 3.18. The molecule has 0 fully saturated rings. The maximum atomic E-state index is 14.3. The van der Waals surface area contributed by atoms with Crippen molar-refractivity contribution < 1.29 is 4.39 Å². The van der Waals surface area contributed by atoms with Crippen molar-refractivity contribution in [3.8, 4) is 0 Å². The number of nitrogens with one attached hydrogen (secondary N) is 1. The molecule has 1 unspecified atom stereocenters. The summed E-state index contributed by atoms with van der Waals surface area (Å²) in [5.74, 6) is 5.05. The van der Waals surface area contributed by atoms with Gasteiger partial charge in [-0.3, -0.25) is 5.84 Å². The molecule has 2 rings (SSSR count). The second-order valence-electron chi connectivity index (χ2n) is 4.03. The fourth-order valence-electron chi connectivity index (χ4n) is 1.85. The highest BCUT2D eigenvalue weighted by Gasteiger charge is 2.21. The van der Waals surface area contributed by atoms with Gasteiger partial charge in [0.1, 0.15) is 5.82 Å². The van der Waals surface area contributed by atoms with Gasteiger partial charge in [-0.25, -0.2) is 9.82 Å². The van der Waals surface area contributed by atoms with Crippen LogP contribution in [-0.4, -0.2) is 0 Å². The van der Waals surface area contributed by atoms with Gasteiger partial charge in [-0.2, -0.15) is 0 Å². The van der Waals surface area contributed by atoms with Gasteiger partial charge in [0.15, 0.2) is 0 Å². The molecule has 0 radical (unpaired) electrons. The number of nitrogens with two attached hydrogens (primary N) is 1. The Bertz CT molecular complexity index is 653. The molecular formula is C13H9Br2Cl2FN2. The Morgan fingerprint density at radius 1 is 1.05 bits per heavy atom. The molecule has 0 aliphatic carbocycles. The summed E-state index contributed by atoms with van der Waals surface area (Å²) >= 11 is 18.5. The number of hydrazine groups is 1. The van der Waals surface area contributed by atoms with Crippen LogP contribution < -0.4 is 11.3 Å². The summed E-state index contributed by atoms with van der Waals surface area (Å²) in [5, 5.41) is 0.549. The van der Waals surface area contributed by atoms with Crippen molar-refractivity contribution in [2.75, 3.05) is 0 Å². The number of hydrogen-bond acceptors (Lipinski definition) is 2. The molecule has 106 valence electrons. The lowest BCUT2D eigenvalue weighted by Crippen LogP contribution is -2.30. The van der Waals surface area contributed by atoms with Gasteiger partial charge >= 0.3 is 0 Å². The predicted octanol–water partition coefficient (Wildman–Crippen LogP) is 5.21. The molecule has 0 amide bonds. The van der Waals surface area contributed by atoms with E-state index in [0.717, 1.165) is 10.0 Å². The van der Waals surface area contributed by atoms with Crippen molar-refractivity contribution in [3.63, 3.8) is 0 Å². The zero-order chi connectivity index (χ0) is 14.9. The summed E-state index contributed by atoms with van der Waals surface area (Å²) in [6.45, 7) is 0. The molecule has 0 spiro atoms. The third-order valence-electron chi connectivity index (χ3n) is 2.81. The van der Waals surface area contributed by atoms with E-state index in [1.807, 2.05) is 0 Å². The molecule has 0 aromatic heterocycles. The first-order valence-corrected chi connectivity index (χ1v) is 7.84. The lowest BCUT2D eigenvalue weighted by Gasteiger charge is -2.20. The normalized spacial score (nSPS) is 12.5. The molecule has 0 aliphatic rings. The fraction of sp³-hybridized carbons (Fsp3) is 0.0769. The summed E-state index contributed by atoms with van der Waals surface area (Å²) in [7, 11) is 0. The molecule has 0 bridgehead atoms. The summed E-state index contributed by atoms with van der Waals surface area (Å²) in [5.41, 5.74) is 3.64. The Kier molecular flexibility index (Phi) is 5.45. The van der Waals surface area contributed by atoms with Crippen LogP contribution in [0, 0.1) is 5.82 Å².